The Labute approximate surface area is 328 Å². The predicted molar refractivity (Wildman–Crippen MR) is 205 cm³/mol. The fraction of sp³-hybridized carbons (Fsp3) is 0.372. The largest absolute Gasteiger partial charge is 0.508 e. The van der Waals surface area contributed by atoms with Crippen LogP contribution in [0.2, 0.25) is 0 Å². The highest BCUT2D eigenvalue weighted by Crippen LogP contribution is 2.64. The summed E-state index contributed by atoms with van der Waals surface area (Å²) in [6, 6.07) is 17.6. The molecule has 8 N–H and O–H groups in total. The van der Waals surface area contributed by atoms with Crippen molar-refractivity contribution in [3.8, 4) is 17.2 Å². The summed E-state index contributed by atoms with van der Waals surface area (Å²) in [5, 5.41) is 74.7. The van der Waals surface area contributed by atoms with Crippen molar-refractivity contribution in [2.75, 3.05) is 11.5 Å². The zero-order valence-electron chi connectivity index (χ0n) is 30.9. The first-order valence-electron chi connectivity index (χ1n) is 19.1. The average molecular weight is 780 g/mol. The number of imidazole rings is 1. The van der Waals surface area contributed by atoms with E-state index in [2.05, 4.69) is 22.1 Å². The van der Waals surface area contributed by atoms with Gasteiger partial charge in [0.2, 0.25) is 6.29 Å². The van der Waals surface area contributed by atoms with Gasteiger partial charge in [-0.2, -0.15) is 0 Å². The number of rotatable bonds is 10. The molecule has 1 saturated carbocycles. The molecule has 0 unspecified atom stereocenters. The van der Waals surface area contributed by atoms with Crippen molar-refractivity contribution in [2.45, 2.75) is 86.1 Å². The van der Waals surface area contributed by atoms with Crippen LogP contribution < -0.4 is 9.64 Å². The third kappa shape index (κ3) is 6.47. The number of aliphatic carboxylic acids is 1. The molecule has 2 aliphatic heterocycles. The second-order valence-corrected chi connectivity index (χ2v) is 15.4. The molecule has 0 spiro atoms. The van der Waals surface area contributed by atoms with Crippen molar-refractivity contribution in [1.29, 1.82) is 0 Å². The number of aromatic amines is 1. The number of nitrogens with one attached hydrogen (secondary N) is 1. The smallest absolute Gasteiger partial charge is 0.334 e. The van der Waals surface area contributed by atoms with E-state index in [-0.39, 0.29) is 17.2 Å². The Hall–Kier alpha value is -5.51. The molecule has 1 amide bonds. The molecule has 1 aromatic heterocycles. The number of allylic oxidation sites excluding steroid dienone is 1. The second-order valence-electron chi connectivity index (χ2n) is 15.4. The lowest BCUT2D eigenvalue weighted by atomic mass is 9.57. The summed E-state index contributed by atoms with van der Waals surface area (Å²) < 4.78 is 11.4. The molecule has 8 atom stereocenters. The predicted octanol–water partition coefficient (Wildman–Crippen LogP) is 3.65. The Morgan fingerprint density at radius 2 is 1.74 bits per heavy atom. The number of benzene rings is 3. The molecule has 2 aliphatic carbocycles. The number of H-pyrrole nitrogens is 1. The highest BCUT2D eigenvalue weighted by atomic mass is 16.7. The number of carboxylic acid groups (broad SMARTS) is 1. The van der Waals surface area contributed by atoms with Crippen molar-refractivity contribution in [1.82, 2.24) is 9.97 Å². The summed E-state index contributed by atoms with van der Waals surface area (Å²) in [5.74, 6) is -3.89. The molecule has 298 valence electrons. The first-order chi connectivity index (χ1) is 27.5. The van der Waals surface area contributed by atoms with Crippen LogP contribution in [-0.2, 0) is 26.2 Å². The molecule has 4 aromatic rings. The Morgan fingerprint density at radius 3 is 2.44 bits per heavy atom. The number of hydrogen-bond acceptors (Lipinski definition) is 11. The van der Waals surface area contributed by atoms with Crippen LogP contribution in [0.4, 0.5) is 5.69 Å². The molecule has 0 radical (unpaired) electrons. The number of fused-ring (bicyclic) bond motifs is 3. The maximum Gasteiger partial charge on any atom is 0.334 e. The van der Waals surface area contributed by atoms with Crippen molar-refractivity contribution >= 4 is 23.6 Å². The number of aliphatic hydroxyl groups is 4. The van der Waals surface area contributed by atoms with Gasteiger partial charge in [-0.15, -0.1) is 0 Å². The fourth-order valence-corrected chi connectivity index (χ4v) is 9.53. The van der Waals surface area contributed by atoms with Gasteiger partial charge in [0.05, 0.1) is 18.6 Å². The van der Waals surface area contributed by atoms with E-state index in [4.69, 9.17) is 9.47 Å². The minimum atomic E-state index is -1.93. The topological polar surface area (TPSA) is 226 Å². The van der Waals surface area contributed by atoms with Crippen molar-refractivity contribution < 1.29 is 54.8 Å². The number of phenols is 2. The number of phenolic OH excluding ortho intramolecular Hbond substituents is 2. The highest BCUT2D eigenvalue weighted by Gasteiger charge is 2.65. The molecule has 1 saturated heterocycles. The van der Waals surface area contributed by atoms with Gasteiger partial charge in [-0.1, -0.05) is 67.8 Å². The standard InChI is InChI=1S/C43H45N3O11/c47-22-34-37(51)38(52)39(53)40(57-34)56-33-20-30-28(19-32(33)49)36-29(42(14-5-2-6-15-42)26-7-3-1-4-8-26)13-16-43(36,41(54)55)46(30)35(50)12-10-24-9-11-31(48)25(17-24)18-27-21-44-23-45-27/h1,3-4,7-13,16-17,19-21,23,29,34,36-40,47-49,51-53H,2,5-6,14-15,18,22H2,(H,44,45)(H,54,55)/b12-10+/t29-,34-,36+,37-,38+,39-,40-,43-/m1/s1. The number of carbonyl (C=O) groups excluding carboxylic acids is 1. The summed E-state index contributed by atoms with van der Waals surface area (Å²) in [7, 11) is 0. The Kier molecular flexibility index (Phi) is 10.2. The van der Waals surface area contributed by atoms with Crippen LogP contribution >= 0.6 is 0 Å². The van der Waals surface area contributed by atoms with Gasteiger partial charge in [-0.05, 0) is 59.7 Å². The van der Waals surface area contributed by atoms with E-state index in [1.165, 1.54) is 41.6 Å². The first kappa shape index (κ1) is 38.4. The lowest BCUT2D eigenvalue weighted by molar-refractivity contribution is -0.277. The summed E-state index contributed by atoms with van der Waals surface area (Å²) >= 11 is 0. The van der Waals surface area contributed by atoms with Crippen LogP contribution in [0.1, 0.15) is 66.0 Å². The van der Waals surface area contributed by atoms with Gasteiger partial charge in [-0.3, -0.25) is 9.69 Å². The Morgan fingerprint density at radius 1 is 0.965 bits per heavy atom. The number of anilines is 1. The number of aromatic hydroxyl groups is 2. The number of aromatic nitrogens is 2. The highest BCUT2D eigenvalue weighted by molar-refractivity contribution is 6.13. The maximum atomic E-state index is 14.7. The monoisotopic (exact) mass is 779 g/mol. The zero-order chi connectivity index (χ0) is 40.1. The van der Waals surface area contributed by atoms with Crippen LogP contribution in [0.3, 0.4) is 0 Å². The summed E-state index contributed by atoms with van der Waals surface area (Å²) in [4.78, 5) is 36.8. The molecule has 2 fully saturated rings. The molecular formula is C43H45N3O11. The molecule has 57 heavy (non-hydrogen) atoms. The van der Waals surface area contributed by atoms with Gasteiger partial charge in [0.15, 0.2) is 17.0 Å². The SMILES string of the molecule is O=C(/C=C/c1ccc(O)c(Cc2cnc[nH]2)c1)N1c2cc(O[C@@H]3O[C@H](CO)[C@@H](O)[C@H](O)[C@H]3O)c(O)cc2[C@H]2[C@H](C3(c4ccccc4)CCCCC3)C=C[C@]21C(=O)O. The van der Waals surface area contributed by atoms with Crippen molar-refractivity contribution in [3.63, 3.8) is 0 Å². The van der Waals surface area contributed by atoms with E-state index in [1.807, 2.05) is 24.3 Å². The zero-order valence-corrected chi connectivity index (χ0v) is 30.9. The number of carbonyl (C=O) groups is 2. The minimum Gasteiger partial charge on any atom is -0.508 e. The maximum absolute atomic E-state index is 14.7. The molecule has 3 heterocycles. The lowest BCUT2D eigenvalue weighted by Crippen LogP contribution is -2.60. The third-order valence-electron chi connectivity index (χ3n) is 12.3. The Bertz CT molecular complexity index is 2180. The van der Waals surface area contributed by atoms with Crippen LogP contribution in [-0.4, -0.2) is 100 Å². The van der Waals surface area contributed by atoms with Crippen LogP contribution in [0.25, 0.3) is 6.08 Å². The van der Waals surface area contributed by atoms with Crippen molar-refractivity contribution in [3.05, 3.63) is 119 Å². The van der Waals surface area contributed by atoms with Gasteiger partial charge in [0, 0.05) is 47.4 Å². The average Bonchev–Trinajstić information content (AvgIpc) is 3.95. The quantitative estimate of drug-likeness (QED) is 0.0853. The number of carboxylic acids is 1. The normalized spacial score (nSPS) is 29.0. The molecule has 3 aromatic carbocycles. The summed E-state index contributed by atoms with van der Waals surface area (Å²) in [6.45, 7) is -0.707. The van der Waals surface area contributed by atoms with E-state index in [0.717, 1.165) is 43.4 Å². The van der Waals surface area contributed by atoms with E-state index >= 15 is 0 Å². The Balaban J connectivity index is 1.23. The van der Waals surface area contributed by atoms with Crippen LogP contribution in [0.15, 0.2) is 91.4 Å². The number of ether oxygens (including phenoxy) is 2. The van der Waals surface area contributed by atoms with E-state index in [0.29, 0.717) is 23.1 Å². The van der Waals surface area contributed by atoms with Gasteiger partial charge < -0.3 is 50.2 Å². The van der Waals surface area contributed by atoms with E-state index in [1.54, 1.807) is 24.4 Å². The molecular weight excluding hydrogens is 734 g/mol. The number of aliphatic hydroxyl groups excluding tert-OH is 4. The van der Waals surface area contributed by atoms with Crippen molar-refractivity contribution in [2.24, 2.45) is 5.92 Å². The fourth-order valence-electron chi connectivity index (χ4n) is 9.53. The number of amides is 1. The second kappa shape index (κ2) is 15.1. The number of hydrogen-bond donors (Lipinski definition) is 8. The summed E-state index contributed by atoms with van der Waals surface area (Å²) in [5.41, 5.74) is 1.12. The van der Waals surface area contributed by atoms with Gasteiger partial charge in [-0.25, -0.2) is 9.78 Å². The van der Waals surface area contributed by atoms with Crippen LogP contribution in [0.5, 0.6) is 17.2 Å². The van der Waals surface area contributed by atoms with Gasteiger partial charge in [0.25, 0.3) is 5.91 Å². The number of nitrogens with zero attached hydrogens (tertiary/aromatic N) is 2. The molecule has 14 nitrogen and oxygen atoms in total. The minimum absolute atomic E-state index is 0.0538. The van der Waals surface area contributed by atoms with E-state index < -0.39 is 77.7 Å². The van der Waals surface area contributed by atoms with Crippen LogP contribution in [0, 0.1) is 5.92 Å². The van der Waals surface area contributed by atoms with E-state index in [9.17, 15) is 45.3 Å². The molecule has 4 aliphatic rings. The first-order valence-corrected chi connectivity index (χ1v) is 19.1. The van der Waals surface area contributed by atoms with Gasteiger partial charge >= 0.3 is 5.97 Å². The molecule has 8 rings (SSSR count). The third-order valence-corrected chi connectivity index (χ3v) is 12.3. The molecule has 14 heteroatoms. The van der Waals surface area contributed by atoms with Gasteiger partial charge in [0.1, 0.15) is 30.2 Å². The lowest BCUT2D eigenvalue weighted by Gasteiger charge is -2.46. The summed E-state index contributed by atoms with van der Waals surface area (Å²) in [6.07, 6.45) is 6.13. The molecule has 0 bridgehead atoms.